The molecule has 0 atom stereocenters. The largest absolute Gasteiger partial charge is 3.00 e. The summed E-state index contributed by atoms with van der Waals surface area (Å²) in [4.78, 5) is 31.7. The number of pyridine rings is 7. The molecule has 0 amide bonds. The number of aromatic nitrogens is 7. The maximum absolute atomic E-state index is 4.68. The zero-order valence-corrected chi connectivity index (χ0v) is 84.0. The Balaban J connectivity index is 0.000000319. The minimum Gasteiger partial charge on any atom is -0.304 e. The fourth-order valence-electron chi connectivity index (χ4n) is 14.8. The fraction of sp³-hybridized carbons (Fsp3) is 0.188. The number of benzene rings is 10. The molecule has 1 aliphatic rings. The molecule has 17 aromatic rings. The van der Waals surface area contributed by atoms with Gasteiger partial charge in [0.25, 0.3) is 0 Å². The van der Waals surface area contributed by atoms with E-state index in [-0.39, 0.29) is 130 Å². The van der Waals surface area contributed by atoms with Gasteiger partial charge < -0.3 is 34.9 Å². The molecule has 0 fully saturated rings. The molecule has 10 aromatic carbocycles. The number of hydrogen-bond acceptors (Lipinski definition) is 7. The molecule has 0 spiro atoms. The van der Waals surface area contributed by atoms with E-state index in [2.05, 4.69) is 332 Å². The van der Waals surface area contributed by atoms with Crippen LogP contribution in [-0.4, -0.2) is 34.9 Å². The van der Waals surface area contributed by atoms with Crippen LogP contribution in [-0.2, 0) is 152 Å². The molecule has 666 valence electrons. The van der Waals surface area contributed by atoms with Crippen LogP contribution in [0.2, 0.25) is 0 Å². The van der Waals surface area contributed by atoms with Crippen molar-refractivity contribution < 1.29 is 101 Å². The zero-order chi connectivity index (χ0) is 83.1. The third-order valence-corrected chi connectivity index (χ3v) is 21.4. The van der Waals surface area contributed by atoms with Crippen LogP contribution in [0.3, 0.4) is 0 Å². The molecule has 1 aliphatic carbocycles. The molecule has 0 aliphatic heterocycles. The predicted octanol–water partition coefficient (Wildman–Crippen LogP) is 28.9. The van der Waals surface area contributed by atoms with Gasteiger partial charge in [-0.05, 0) is 200 Å². The van der Waals surface area contributed by atoms with Gasteiger partial charge in [0, 0.05) is 124 Å². The van der Waals surface area contributed by atoms with Crippen molar-refractivity contribution in [2.75, 3.05) is 0 Å². The van der Waals surface area contributed by atoms with E-state index in [1.165, 1.54) is 122 Å². The number of aryl methyl sites for hydroxylation is 18. The molecule has 0 bridgehead atoms. The Bertz CT molecular complexity index is 6230. The molecular weight excluding hydrogens is 2460 g/mol. The molecule has 7 aromatic heterocycles. The predicted molar refractivity (Wildman–Crippen MR) is 521 cm³/mol. The quantitative estimate of drug-likeness (QED) is 0.0839. The first-order valence-electron chi connectivity index (χ1n) is 41.3. The monoisotopic (exact) mass is 2580 g/mol. The summed E-state index contributed by atoms with van der Waals surface area (Å²) in [5, 5.41) is 0. The first-order valence-corrected chi connectivity index (χ1v) is 41.3. The molecule has 0 N–H and O–H groups in total. The summed E-state index contributed by atoms with van der Waals surface area (Å²) in [6, 6.07) is 119. The smallest absolute Gasteiger partial charge is 0.304 e. The van der Waals surface area contributed by atoms with Gasteiger partial charge in [0.2, 0.25) is 0 Å². The van der Waals surface area contributed by atoms with Crippen LogP contribution >= 0.6 is 0 Å². The van der Waals surface area contributed by atoms with E-state index in [9.17, 15) is 0 Å². The molecule has 4 radical (unpaired) electrons. The Morgan fingerprint density at radius 2 is 0.659 bits per heavy atom. The minimum absolute atomic E-state index is 0. The number of rotatable bonds is 17. The number of nitrogens with zero attached hydrogens (tertiary/aromatic N) is 7. The maximum Gasteiger partial charge on any atom is 3.00 e. The van der Waals surface area contributed by atoms with Crippen molar-refractivity contribution >= 4 is 0 Å². The van der Waals surface area contributed by atoms with Gasteiger partial charge in [-0.15, -0.1) is 248 Å². The molecule has 7 nitrogen and oxygen atoms in total. The summed E-state index contributed by atoms with van der Waals surface area (Å²) < 4.78 is 0. The summed E-state index contributed by atoms with van der Waals surface area (Å²) in [6.07, 6.45) is 21.4. The van der Waals surface area contributed by atoms with Gasteiger partial charge in [0.15, 0.2) is 0 Å². The van der Waals surface area contributed by atoms with Gasteiger partial charge in [-0.1, -0.05) is 219 Å². The van der Waals surface area contributed by atoms with Crippen molar-refractivity contribution in [3.63, 3.8) is 0 Å². The van der Waals surface area contributed by atoms with E-state index >= 15 is 0 Å². The number of hydrogen-bond donors (Lipinski definition) is 0. The Kier molecular flexibility index (Phi) is 45.8. The Labute approximate surface area is 837 Å². The Morgan fingerprint density at radius 3 is 1.15 bits per heavy atom. The van der Waals surface area contributed by atoms with Crippen LogP contribution in [0, 0.1) is 112 Å². The summed E-state index contributed by atoms with van der Waals surface area (Å²) in [5.41, 5.74) is 42.0. The van der Waals surface area contributed by atoms with Crippen LogP contribution in [0.4, 0.5) is 0 Å². The second kappa shape index (κ2) is 54.2. The first-order chi connectivity index (χ1) is 58.5. The van der Waals surface area contributed by atoms with Crippen LogP contribution in [0.25, 0.3) is 101 Å². The normalized spacial score (nSPS) is 10.3. The summed E-state index contributed by atoms with van der Waals surface area (Å²) in [5.74, 6) is 0. The molecule has 0 saturated carbocycles. The summed E-state index contributed by atoms with van der Waals surface area (Å²) in [7, 11) is 0. The fourth-order valence-corrected chi connectivity index (χ4v) is 14.8. The van der Waals surface area contributed by atoms with E-state index in [4.69, 9.17) is 0 Å². The topological polar surface area (TPSA) is 90.2 Å². The molecule has 0 saturated heterocycles. The van der Waals surface area contributed by atoms with E-state index in [1.807, 2.05) is 131 Å². The maximum atomic E-state index is 4.68. The molecule has 7 heterocycles. The average Bonchev–Trinajstić information content (AvgIpc) is 0.789. The van der Waals surface area contributed by atoms with Gasteiger partial charge in [-0.2, -0.15) is 0 Å². The van der Waals surface area contributed by atoms with E-state index in [0.29, 0.717) is 0 Å². The molecule has 12 heteroatoms. The van der Waals surface area contributed by atoms with E-state index in [1.54, 1.807) is 0 Å². The molecule has 129 heavy (non-hydrogen) atoms. The molecule has 18 rings (SSSR count). The third-order valence-electron chi connectivity index (χ3n) is 21.4. The van der Waals surface area contributed by atoms with Crippen LogP contribution in [0.1, 0.15) is 130 Å². The SMILES string of the molecule is C.C.C.C.Cc1ccc(-c2[c-]cc(CCc3cc(CCc4c[c-]c(-c5ncc(C)cc5C)cc4)cc(CCc4c[c-]c(-c5ccc(C)cn5)c(C)c4)c3)cc2)nc1.Cc1ccc(-c2[c-]ccc(-c3ccccc3)c2)nc1.Cc1ccc(-c2[c-]ccc(-c3ccccc3C)c2)nc1.Cc1ccc(-c2[c-]cccc2)nc1.Cc1cnc2c(c1)CCc1ccc[c-]c1-2.[Ir+3].[Ir].[Ir].[Ir].[Ir]. The van der Waals surface area contributed by atoms with Gasteiger partial charge in [0.05, 0.1) is 0 Å². The summed E-state index contributed by atoms with van der Waals surface area (Å²) >= 11 is 0. The van der Waals surface area contributed by atoms with Crippen LogP contribution in [0.15, 0.2) is 316 Å². The van der Waals surface area contributed by atoms with Crippen molar-refractivity contribution in [2.45, 2.75) is 150 Å². The number of fused-ring (bicyclic) bond motifs is 3. The Hall–Kier alpha value is -10.5. The first kappa shape index (κ1) is 109. The van der Waals surface area contributed by atoms with Gasteiger partial charge in [-0.25, -0.2) is 0 Å². The van der Waals surface area contributed by atoms with Crippen molar-refractivity contribution in [1.29, 1.82) is 0 Å². The standard InChI is InChI=1S/C50H46N3.C19H16N.C18H14N.C14H12N.C12H10N.4CH4.5Ir/c1-34-6-24-48(51-31-34)45-19-14-39(15-20-45)8-11-42-28-43(12-9-40-16-21-46(22-17-40)50-38(5)26-36(3)33-53-50)30-44(29-42)13-10-41-18-23-47(37(4)27-41)49-25-7-35(2)32-52-49;1-14-10-11-19(20-13-14)17-8-5-7-16(12-17)18-9-4-3-6-15(18)2;1-14-10-11-18(19-13-14)17-9-5-8-16(12-17)15-6-3-2-4-7-15;1-10-8-12-7-6-11-4-2-3-5-13(11)14(12)15-9-10;1-10-7-8-12(13-9-10)11-5-3-2-4-6-11;;;;;;;;;/h6-7,14-19,21,24-33H,8-13H2,1-5H3;3-7,9-13H,1-2H3;2-8,10-13H,1H3;2-4,8-9H,6-7H2,1H3;2-5,7-9H,1H3;4*1H4;;;;;/q-3;4*-1;;;;;;;;;+3. The van der Waals surface area contributed by atoms with Crippen molar-refractivity contribution in [3.05, 3.63) is 459 Å². The average molecular weight is 2580 g/mol. The van der Waals surface area contributed by atoms with Crippen LogP contribution < -0.4 is 0 Å². The van der Waals surface area contributed by atoms with Crippen molar-refractivity contribution in [2.24, 2.45) is 0 Å². The van der Waals surface area contributed by atoms with Crippen molar-refractivity contribution in [1.82, 2.24) is 34.9 Å². The second-order valence-corrected chi connectivity index (χ2v) is 31.3. The van der Waals surface area contributed by atoms with Gasteiger partial charge >= 0.3 is 20.1 Å². The Morgan fingerprint density at radius 1 is 0.240 bits per heavy atom. The third kappa shape index (κ3) is 31.1. The van der Waals surface area contributed by atoms with Gasteiger partial charge in [-0.3, -0.25) is 0 Å². The molecular formula is C117H114Ir5N7-4. The van der Waals surface area contributed by atoms with Gasteiger partial charge in [0.1, 0.15) is 0 Å². The van der Waals surface area contributed by atoms with E-state index in [0.717, 1.165) is 130 Å². The second-order valence-electron chi connectivity index (χ2n) is 31.3. The molecule has 0 unspecified atom stereocenters. The zero-order valence-electron chi connectivity index (χ0n) is 72.0. The minimum atomic E-state index is 0. The van der Waals surface area contributed by atoms with E-state index < -0.39 is 0 Å². The van der Waals surface area contributed by atoms with Crippen LogP contribution in [0.5, 0.6) is 0 Å². The summed E-state index contributed by atoms with van der Waals surface area (Å²) in [6.45, 7) is 20.8. The van der Waals surface area contributed by atoms with Crippen molar-refractivity contribution in [3.8, 4) is 101 Å².